The van der Waals surface area contributed by atoms with Crippen molar-refractivity contribution in [1.29, 1.82) is 0 Å². The first-order valence-corrected chi connectivity index (χ1v) is 10.2. The van der Waals surface area contributed by atoms with E-state index in [0.717, 1.165) is 12.0 Å². The number of rotatable bonds is 10. The second-order valence-corrected chi connectivity index (χ2v) is 7.31. The molecule has 1 aliphatic heterocycles. The normalized spacial score (nSPS) is 16.2. The number of esters is 2. The van der Waals surface area contributed by atoms with E-state index >= 15 is 0 Å². The summed E-state index contributed by atoms with van der Waals surface area (Å²) in [5, 5.41) is 12.8. The Morgan fingerprint density at radius 1 is 1.20 bits per heavy atom. The maximum atomic E-state index is 13.0. The van der Waals surface area contributed by atoms with Gasteiger partial charge in [0.1, 0.15) is 13.2 Å². The van der Waals surface area contributed by atoms with Gasteiger partial charge in [0.15, 0.2) is 5.11 Å². The molecular weight excluding hydrogens is 404 g/mol. The Bertz CT molecular complexity index is 822. The zero-order valence-corrected chi connectivity index (χ0v) is 18.2. The van der Waals surface area contributed by atoms with E-state index in [-0.39, 0.29) is 25.4 Å². The van der Waals surface area contributed by atoms with Crippen LogP contribution in [0.1, 0.15) is 38.3 Å². The maximum absolute atomic E-state index is 13.0. The van der Waals surface area contributed by atoms with Gasteiger partial charge in [0.25, 0.3) is 0 Å². The highest BCUT2D eigenvalue weighted by Gasteiger charge is 2.34. The molecule has 1 aromatic carbocycles. The summed E-state index contributed by atoms with van der Waals surface area (Å²) in [4.78, 5) is 26.3. The Morgan fingerprint density at radius 3 is 2.50 bits per heavy atom. The van der Waals surface area contributed by atoms with Crippen LogP contribution in [-0.4, -0.2) is 53.4 Å². The van der Waals surface area contributed by atoms with Crippen LogP contribution in [-0.2, 0) is 19.1 Å². The lowest BCUT2D eigenvalue weighted by Crippen LogP contribution is -2.48. The van der Waals surface area contributed by atoms with Crippen LogP contribution < -0.4 is 5.32 Å². The zero-order valence-electron chi connectivity index (χ0n) is 17.3. The van der Waals surface area contributed by atoms with E-state index in [1.165, 1.54) is 0 Å². The third-order valence-corrected chi connectivity index (χ3v) is 4.98. The number of ether oxygens (including phenoxy) is 2. The molecule has 1 aliphatic rings. The van der Waals surface area contributed by atoms with Gasteiger partial charge in [0.05, 0.1) is 11.6 Å². The average molecular weight is 433 g/mol. The molecule has 162 valence electrons. The van der Waals surface area contributed by atoms with Crippen LogP contribution in [0.2, 0.25) is 0 Å². The molecule has 0 bridgehead atoms. The lowest BCUT2D eigenvalue weighted by Gasteiger charge is -2.37. The molecule has 0 fully saturated rings. The van der Waals surface area contributed by atoms with Gasteiger partial charge in [-0.1, -0.05) is 36.9 Å². The minimum Gasteiger partial charge on any atom is -0.459 e. The Balaban J connectivity index is 2.20. The minimum absolute atomic E-state index is 0.0498. The number of aliphatic hydroxyl groups excluding tert-OH is 1. The number of nitrogens with zero attached hydrogens (tertiary/aromatic N) is 1. The van der Waals surface area contributed by atoms with Crippen LogP contribution in [0.4, 0.5) is 0 Å². The van der Waals surface area contributed by atoms with Crippen molar-refractivity contribution in [2.75, 3.05) is 26.4 Å². The second kappa shape index (κ2) is 11.5. The number of carbonyl (C=O) groups is 2. The van der Waals surface area contributed by atoms with Gasteiger partial charge in [0, 0.05) is 24.4 Å². The SMILES string of the molecule is C=C(C)C(=O)OCCOC(=O)C1=C(C)N(CCCCO)C(=S)NC1c1ccccc1. The van der Waals surface area contributed by atoms with Crippen molar-refractivity contribution in [1.82, 2.24) is 10.2 Å². The molecule has 0 saturated carbocycles. The van der Waals surface area contributed by atoms with Crippen molar-refractivity contribution in [3.63, 3.8) is 0 Å². The fourth-order valence-corrected chi connectivity index (χ4v) is 3.41. The maximum Gasteiger partial charge on any atom is 0.338 e. The van der Waals surface area contributed by atoms with Gasteiger partial charge in [-0.3, -0.25) is 0 Å². The van der Waals surface area contributed by atoms with Gasteiger partial charge in [-0.2, -0.15) is 0 Å². The number of nitrogens with one attached hydrogen (secondary N) is 1. The van der Waals surface area contributed by atoms with E-state index in [1.54, 1.807) is 6.92 Å². The van der Waals surface area contributed by atoms with Crippen LogP contribution in [0.5, 0.6) is 0 Å². The standard InChI is InChI=1S/C22H28N2O5S/c1-15(2)20(26)28-13-14-29-21(27)18-16(3)24(11-7-8-12-25)22(30)23-19(18)17-9-5-4-6-10-17/h4-6,9-10,19,25H,1,7-8,11-14H2,2-3H3,(H,23,30). The first-order chi connectivity index (χ1) is 14.4. The van der Waals surface area contributed by atoms with Crippen molar-refractivity contribution in [2.45, 2.75) is 32.7 Å². The van der Waals surface area contributed by atoms with Crippen molar-refractivity contribution in [2.24, 2.45) is 0 Å². The first kappa shape index (κ1) is 23.6. The largest absolute Gasteiger partial charge is 0.459 e. The molecule has 0 saturated heterocycles. The molecule has 0 aromatic heterocycles. The number of carbonyl (C=O) groups excluding carboxylic acids is 2. The molecule has 0 amide bonds. The number of hydrogen-bond acceptors (Lipinski definition) is 6. The Labute approximate surface area is 182 Å². The summed E-state index contributed by atoms with van der Waals surface area (Å²) in [5.41, 5.74) is 2.32. The van der Waals surface area contributed by atoms with Crippen LogP contribution in [0.25, 0.3) is 0 Å². The topological polar surface area (TPSA) is 88.1 Å². The van der Waals surface area contributed by atoms with Crippen LogP contribution in [0.15, 0.2) is 53.8 Å². The Kier molecular flexibility index (Phi) is 9.01. The molecule has 8 heteroatoms. The van der Waals surface area contributed by atoms with Crippen molar-refractivity contribution >= 4 is 29.3 Å². The second-order valence-electron chi connectivity index (χ2n) is 6.93. The molecule has 0 spiro atoms. The summed E-state index contributed by atoms with van der Waals surface area (Å²) in [6.07, 6.45) is 1.37. The van der Waals surface area contributed by atoms with Crippen molar-refractivity contribution < 1.29 is 24.2 Å². The summed E-state index contributed by atoms with van der Waals surface area (Å²) in [6.45, 7) is 7.45. The summed E-state index contributed by atoms with van der Waals surface area (Å²) in [7, 11) is 0. The molecule has 1 unspecified atom stereocenters. The summed E-state index contributed by atoms with van der Waals surface area (Å²) in [6, 6.07) is 9.06. The predicted octanol–water partition coefficient (Wildman–Crippen LogP) is 2.63. The molecule has 30 heavy (non-hydrogen) atoms. The molecular formula is C22H28N2O5S. The van der Waals surface area contributed by atoms with Gasteiger partial charge in [-0.05, 0) is 44.5 Å². The number of hydrogen-bond donors (Lipinski definition) is 2. The van der Waals surface area contributed by atoms with Gasteiger partial charge in [0.2, 0.25) is 0 Å². The summed E-state index contributed by atoms with van der Waals surface area (Å²) in [5.74, 6) is -1.03. The van der Waals surface area contributed by atoms with Crippen molar-refractivity contribution in [3.8, 4) is 0 Å². The highest BCUT2D eigenvalue weighted by molar-refractivity contribution is 7.80. The summed E-state index contributed by atoms with van der Waals surface area (Å²) >= 11 is 5.53. The quantitative estimate of drug-likeness (QED) is 0.253. The summed E-state index contributed by atoms with van der Waals surface area (Å²) < 4.78 is 10.4. The van der Waals surface area contributed by atoms with E-state index in [4.69, 9.17) is 26.8 Å². The average Bonchev–Trinajstić information content (AvgIpc) is 2.73. The Morgan fingerprint density at radius 2 is 1.87 bits per heavy atom. The Hall–Kier alpha value is -2.71. The highest BCUT2D eigenvalue weighted by atomic mass is 32.1. The first-order valence-electron chi connectivity index (χ1n) is 9.81. The van der Waals surface area contributed by atoms with E-state index in [9.17, 15) is 9.59 Å². The van der Waals surface area contributed by atoms with E-state index < -0.39 is 18.0 Å². The molecule has 2 rings (SSSR count). The molecule has 2 N–H and O–H groups in total. The van der Waals surface area contributed by atoms with E-state index in [2.05, 4.69) is 11.9 Å². The van der Waals surface area contributed by atoms with E-state index in [1.807, 2.05) is 42.2 Å². The smallest absolute Gasteiger partial charge is 0.338 e. The van der Waals surface area contributed by atoms with Gasteiger partial charge in [-0.15, -0.1) is 0 Å². The number of benzene rings is 1. The zero-order chi connectivity index (χ0) is 22.1. The van der Waals surface area contributed by atoms with Gasteiger partial charge < -0.3 is 24.8 Å². The van der Waals surface area contributed by atoms with Crippen LogP contribution >= 0.6 is 12.2 Å². The molecule has 7 nitrogen and oxygen atoms in total. The van der Waals surface area contributed by atoms with E-state index in [0.29, 0.717) is 29.3 Å². The van der Waals surface area contributed by atoms with Gasteiger partial charge >= 0.3 is 11.9 Å². The van der Waals surface area contributed by atoms with Crippen molar-refractivity contribution in [3.05, 3.63) is 59.3 Å². The minimum atomic E-state index is -0.525. The fourth-order valence-electron chi connectivity index (χ4n) is 3.06. The number of aliphatic hydroxyl groups is 1. The monoisotopic (exact) mass is 432 g/mol. The lowest BCUT2D eigenvalue weighted by molar-refractivity contribution is -0.147. The molecule has 0 aliphatic carbocycles. The molecule has 1 heterocycles. The third-order valence-electron chi connectivity index (χ3n) is 4.64. The molecule has 1 aromatic rings. The molecule has 1 atom stereocenters. The fraction of sp³-hybridized carbons (Fsp3) is 0.409. The van der Waals surface area contributed by atoms with Crippen LogP contribution in [0.3, 0.4) is 0 Å². The number of thiocarbonyl (C=S) groups is 1. The number of allylic oxidation sites excluding steroid dienone is 1. The predicted molar refractivity (Wildman–Crippen MR) is 117 cm³/mol. The van der Waals surface area contributed by atoms with Crippen LogP contribution in [0, 0.1) is 0 Å². The number of unbranched alkanes of at least 4 members (excludes halogenated alkanes) is 1. The lowest BCUT2D eigenvalue weighted by atomic mass is 9.95. The molecule has 0 radical (unpaired) electrons. The highest BCUT2D eigenvalue weighted by Crippen LogP contribution is 2.31. The third kappa shape index (κ3) is 6.14. The van der Waals surface area contributed by atoms with Gasteiger partial charge in [-0.25, -0.2) is 9.59 Å².